The Morgan fingerprint density at radius 3 is 2.64 bits per heavy atom. The second-order valence-corrected chi connectivity index (χ2v) is 7.01. The summed E-state index contributed by atoms with van der Waals surface area (Å²) >= 11 is 0. The topological polar surface area (TPSA) is 48.9 Å². The van der Waals surface area contributed by atoms with Gasteiger partial charge in [-0.2, -0.15) is 0 Å². The molecule has 6 nitrogen and oxygen atoms in total. The zero-order valence-corrected chi connectivity index (χ0v) is 16.5. The largest absolute Gasteiger partial charge is 0.494 e. The highest BCUT2D eigenvalue weighted by Gasteiger charge is 2.21. The van der Waals surface area contributed by atoms with Crippen LogP contribution in [0.3, 0.4) is 0 Å². The number of benzene rings is 1. The Kier molecular flexibility index (Phi) is 6.81. The number of rotatable bonds is 7. The molecule has 1 aliphatic rings. The van der Waals surface area contributed by atoms with E-state index in [0.717, 1.165) is 24.5 Å². The van der Waals surface area contributed by atoms with E-state index in [1.165, 1.54) is 13.2 Å². The van der Waals surface area contributed by atoms with Gasteiger partial charge in [0.05, 0.1) is 7.11 Å². The molecule has 1 aromatic heterocycles. The van der Waals surface area contributed by atoms with Crippen LogP contribution in [0.1, 0.15) is 12.0 Å². The summed E-state index contributed by atoms with van der Waals surface area (Å²) in [6.07, 6.45) is 2.25. The third-order valence-electron chi connectivity index (χ3n) is 4.98. The summed E-state index contributed by atoms with van der Waals surface area (Å²) in [4.78, 5) is 23.0. The lowest BCUT2D eigenvalue weighted by Gasteiger charge is -2.35. The van der Waals surface area contributed by atoms with Crippen LogP contribution in [0.2, 0.25) is 0 Å². The Hall–Kier alpha value is -2.67. The van der Waals surface area contributed by atoms with Gasteiger partial charge in [-0.1, -0.05) is 12.1 Å². The van der Waals surface area contributed by atoms with Gasteiger partial charge in [0, 0.05) is 51.9 Å². The summed E-state index contributed by atoms with van der Waals surface area (Å²) in [5.41, 5.74) is 0.859. The van der Waals surface area contributed by atoms with Gasteiger partial charge in [0.2, 0.25) is 5.91 Å². The molecule has 0 aliphatic carbocycles. The molecule has 1 amide bonds. The van der Waals surface area contributed by atoms with Gasteiger partial charge in [0.1, 0.15) is 5.82 Å². The number of halogens is 1. The van der Waals surface area contributed by atoms with E-state index in [0.29, 0.717) is 32.6 Å². The van der Waals surface area contributed by atoms with Crippen LogP contribution in [0, 0.1) is 5.82 Å². The molecule has 3 rings (SSSR count). The minimum atomic E-state index is -0.366. The van der Waals surface area contributed by atoms with Crippen molar-refractivity contribution in [1.82, 2.24) is 14.8 Å². The van der Waals surface area contributed by atoms with Gasteiger partial charge >= 0.3 is 0 Å². The Bertz CT molecular complexity index is 779. The maximum absolute atomic E-state index is 13.8. The third-order valence-corrected chi connectivity index (χ3v) is 4.98. The van der Waals surface area contributed by atoms with Gasteiger partial charge in [-0.05, 0) is 36.9 Å². The van der Waals surface area contributed by atoms with Gasteiger partial charge in [-0.25, -0.2) is 9.37 Å². The molecule has 0 radical (unpaired) electrons. The first-order chi connectivity index (χ1) is 13.6. The van der Waals surface area contributed by atoms with Gasteiger partial charge in [-0.3, -0.25) is 4.79 Å². The van der Waals surface area contributed by atoms with Gasteiger partial charge < -0.3 is 19.4 Å². The number of pyridine rings is 1. The number of carbonyl (C=O) groups is 1. The van der Waals surface area contributed by atoms with Gasteiger partial charge in [0.25, 0.3) is 0 Å². The van der Waals surface area contributed by atoms with Gasteiger partial charge in [0.15, 0.2) is 11.6 Å². The SMILES string of the molecule is COc1ccc(CN(C)CCC(=O)N2CCN(c3ccccn3)CC2)cc1F. The molecule has 0 unspecified atom stereocenters. The van der Waals surface area contributed by atoms with E-state index in [-0.39, 0.29) is 17.5 Å². The van der Waals surface area contributed by atoms with E-state index in [9.17, 15) is 9.18 Å². The molecular weight excluding hydrogens is 359 g/mol. The second kappa shape index (κ2) is 9.50. The third kappa shape index (κ3) is 5.19. The molecular formula is C21H27FN4O2. The van der Waals surface area contributed by atoms with Crippen molar-refractivity contribution >= 4 is 11.7 Å². The van der Waals surface area contributed by atoms with Crippen LogP contribution in [-0.4, -0.2) is 67.6 Å². The molecule has 0 spiro atoms. The highest BCUT2D eigenvalue weighted by molar-refractivity contribution is 5.76. The van der Waals surface area contributed by atoms with E-state index in [4.69, 9.17) is 4.74 Å². The van der Waals surface area contributed by atoms with Crippen molar-refractivity contribution in [3.8, 4) is 5.75 Å². The molecule has 1 aliphatic heterocycles. The lowest BCUT2D eigenvalue weighted by atomic mass is 10.2. The van der Waals surface area contributed by atoms with Crippen molar-refractivity contribution in [3.05, 3.63) is 54.0 Å². The number of methoxy groups -OCH3 is 1. The summed E-state index contributed by atoms with van der Waals surface area (Å²) in [5, 5.41) is 0. The fourth-order valence-corrected chi connectivity index (χ4v) is 3.37. The van der Waals surface area contributed by atoms with Crippen LogP contribution >= 0.6 is 0 Å². The zero-order valence-electron chi connectivity index (χ0n) is 16.5. The second-order valence-electron chi connectivity index (χ2n) is 7.01. The minimum Gasteiger partial charge on any atom is -0.494 e. The zero-order chi connectivity index (χ0) is 19.9. The monoisotopic (exact) mass is 386 g/mol. The standard InChI is InChI=1S/C21H27FN4O2/c1-24(16-17-6-7-19(28-2)18(22)15-17)10-8-21(27)26-13-11-25(12-14-26)20-5-3-4-9-23-20/h3-7,9,15H,8,10-14,16H2,1-2H3. The number of piperazine rings is 1. The Morgan fingerprint density at radius 2 is 2.00 bits per heavy atom. The van der Waals surface area contributed by atoms with Crippen molar-refractivity contribution in [3.63, 3.8) is 0 Å². The van der Waals surface area contributed by atoms with Crippen molar-refractivity contribution in [1.29, 1.82) is 0 Å². The molecule has 0 N–H and O–H groups in total. The molecule has 150 valence electrons. The first-order valence-corrected chi connectivity index (χ1v) is 9.51. The average molecular weight is 386 g/mol. The first kappa shape index (κ1) is 20.1. The highest BCUT2D eigenvalue weighted by atomic mass is 19.1. The summed E-state index contributed by atoms with van der Waals surface area (Å²) < 4.78 is 18.7. The number of aromatic nitrogens is 1. The Labute approximate surface area is 165 Å². The molecule has 0 saturated carbocycles. The van der Waals surface area contributed by atoms with Gasteiger partial charge in [-0.15, -0.1) is 0 Å². The molecule has 1 fully saturated rings. The normalized spacial score (nSPS) is 14.4. The average Bonchev–Trinajstić information content (AvgIpc) is 2.73. The summed E-state index contributed by atoms with van der Waals surface area (Å²) in [6, 6.07) is 10.8. The quantitative estimate of drug-likeness (QED) is 0.731. The molecule has 2 aromatic rings. The van der Waals surface area contributed by atoms with E-state index in [2.05, 4.69) is 9.88 Å². The van der Waals surface area contributed by atoms with Crippen molar-refractivity contribution in [2.75, 3.05) is 51.8 Å². The highest BCUT2D eigenvalue weighted by Crippen LogP contribution is 2.18. The maximum atomic E-state index is 13.8. The summed E-state index contributed by atoms with van der Waals surface area (Å²) in [7, 11) is 3.39. The number of hydrogen-bond donors (Lipinski definition) is 0. The number of hydrogen-bond acceptors (Lipinski definition) is 5. The molecule has 1 saturated heterocycles. The molecule has 0 atom stereocenters. The van der Waals surface area contributed by atoms with Crippen LogP contribution in [-0.2, 0) is 11.3 Å². The van der Waals surface area contributed by atoms with Crippen LogP contribution < -0.4 is 9.64 Å². The number of carbonyl (C=O) groups excluding carboxylic acids is 1. The fourth-order valence-electron chi connectivity index (χ4n) is 3.37. The lowest BCUT2D eigenvalue weighted by molar-refractivity contribution is -0.131. The molecule has 28 heavy (non-hydrogen) atoms. The summed E-state index contributed by atoms with van der Waals surface area (Å²) in [6.45, 7) is 4.23. The van der Waals surface area contributed by atoms with E-state index in [1.54, 1.807) is 12.3 Å². The van der Waals surface area contributed by atoms with Crippen LogP contribution in [0.15, 0.2) is 42.6 Å². The van der Waals surface area contributed by atoms with E-state index >= 15 is 0 Å². The minimum absolute atomic E-state index is 0.161. The number of amides is 1. The van der Waals surface area contributed by atoms with Crippen LogP contribution in [0.25, 0.3) is 0 Å². The predicted octanol–water partition coefficient (Wildman–Crippen LogP) is 2.40. The Morgan fingerprint density at radius 1 is 1.21 bits per heavy atom. The molecule has 2 heterocycles. The number of ether oxygens (including phenoxy) is 1. The lowest BCUT2D eigenvalue weighted by Crippen LogP contribution is -2.49. The summed E-state index contributed by atoms with van der Waals surface area (Å²) in [5.74, 6) is 0.996. The van der Waals surface area contributed by atoms with Crippen molar-refractivity contribution in [2.24, 2.45) is 0 Å². The molecule has 1 aromatic carbocycles. The van der Waals surface area contributed by atoms with E-state index < -0.39 is 0 Å². The first-order valence-electron chi connectivity index (χ1n) is 9.51. The van der Waals surface area contributed by atoms with Crippen molar-refractivity contribution in [2.45, 2.75) is 13.0 Å². The molecule has 7 heteroatoms. The number of nitrogens with zero attached hydrogens (tertiary/aromatic N) is 4. The number of anilines is 1. The van der Waals surface area contributed by atoms with E-state index in [1.807, 2.05) is 41.1 Å². The van der Waals surface area contributed by atoms with Crippen LogP contribution in [0.4, 0.5) is 10.2 Å². The smallest absolute Gasteiger partial charge is 0.223 e. The Balaban J connectivity index is 1.42. The van der Waals surface area contributed by atoms with Crippen molar-refractivity contribution < 1.29 is 13.9 Å². The molecule has 0 bridgehead atoms. The predicted molar refractivity (Wildman–Crippen MR) is 107 cm³/mol. The maximum Gasteiger partial charge on any atom is 0.223 e. The fraction of sp³-hybridized carbons (Fsp3) is 0.429. The van der Waals surface area contributed by atoms with Crippen LogP contribution in [0.5, 0.6) is 5.75 Å².